The quantitative estimate of drug-likeness (QED) is 0.173. The SMILES string of the molecule is c1ccc(-n2c3ccccc3c3c(-c4nc5ccccc5nc4-c4cccc5cc(-n6c7ccccc7c7cc8cccc(-n9c%10ccccc%10c%10ccccc%109)c8cc76)ccc45)cccc32)cc1. The summed E-state index contributed by atoms with van der Waals surface area (Å²) in [5, 5.41) is 12.0. The van der Waals surface area contributed by atoms with E-state index in [1.165, 1.54) is 59.9 Å². The highest BCUT2D eigenvalue weighted by atomic mass is 15.0. The summed E-state index contributed by atoms with van der Waals surface area (Å²) in [6, 6.07) is 85.5. The van der Waals surface area contributed by atoms with Crippen LogP contribution in [0.1, 0.15) is 0 Å². The van der Waals surface area contributed by atoms with Crippen LogP contribution in [0.5, 0.6) is 0 Å². The fourth-order valence-electron chi connectivity index (χ4n) is 11.4. The molecule has 0 amide bonds. The molecule has 0 aliphatic heterocycles. The van der Waals surface area contributed by atoms with Crippen molar-refractivity contribution in [3.8, 4) is 39.6 Å². The molecule has 0 bridgehead atoms. The van der Waals surface area contributed by atoms with Gasteiger partial charge in [-0.2, -0.15) is 0 Å². The van der Waals surface area contributed by atoms with Crippen molar-refractivity contribution in [2.45, 2.75) is 0 Å². The third-order valence-corrected chi connectivity index (χ3v) is 14.4. The molecule has 69 heavy (non-hydrogen) atoms. The molecule has 0 N–H and O–H groups in total. The first-order valence-corrected chi connectivity index (χ1v) is 23.6. The number of nitrogens with zero attached hydrogens (tertiary/aromatic N) is 5. The van der Waals surface area contributed by atoms with Crippen LogP contribution >= 0.6 is 0 Å². The van der Waals surface area contributed by atoms with Crippen molar-refractivity contribution in [3.05, 3.63) is 237 Å². The highest BCUT2D eigenvalue weighted by Gasteiger charge is 2.23. The summed E-state index contributed by atoms with van der Waals surface area (Å²) in [4.78, 5) is 11.0. The summed E-state index contributed by atoms with van der Waals surface area (Å²) in [5.74, 6) is 0. The zero-order valence-corrected chi connectivity index (χ0v) is 37.3. The second-order valence-corrected chi connectivity index (χ2v) is 18.1. The summed E-state index contributed by atoms with van der Waals surface area (Å²) < 4.78 is 7.25. The van der Waals surface area contributed by atoms with Crippen molar-refractivity contribution in [1.29, 1.82) is 0 Å². The van der Waals surface area contributed by atoms with E-state index in [1.54, 1.807) is 0 Å². The molecule has 4 heterocycles. The van der Waals surface area contributed by atoms with E-state index >= 15 is 0 Å². The normalized spacial score (nSPS) is 12.1. The molecule has 0 spiro atoms. The van der Waals surface area contributed by atoms with Crippen molar-refractivity contribution in [3.63, 3.8) is 0 Å². The topological polar surface area (TPSA) is 40.6 Å². The number of hydrogen-bond acceptors (Lipinski definition) is 2. The molecule has 4 aromatic heterocycles. The van der Waals surface area contributed by atoms with Crippen molar-refractivity contribution in [2.75, 3.05) is 0 Å². The molecule has 0 saturated heterocycles. The Morgan fingerprint density at radius 2 is 0.768 bits per heavy atom. The van der Waals surface area contributed by atoms with Gasteiger partial charge in [-0.25, -0.2) is 9.97 Å². The van der Waals surface area contributed by atoms with E-state index in [0.29, 0.717) is 0 Å². The van der Waals surface area contributed by atoms with Crippen LogP contribution in [0.15, 0.2) is 237 Å². The van der Waals surface area contributed by atoms with Gasteiger partial charge in [-0.05, 0) is 101 Å². The van der Waals surface area contributed by atoms with Gasteiger partial charge in [0, 0.05) is 60.2 Å². The summed E-state index contributed by atoms with van der Waals surface area (Å²) in [6.45, 7) is 0. The standard InChI is InChI=1S/C64H39N5/c1-2-19-42(20-3-1)67-58-32-13-7-24-49(58)62-50(26-16-34-60(62)67)64-63(65-53-27-8-9-28-54(53)66-64)48-25-14-17-40-37-43(35-36-44(40)48)68-55-29-10-6-23-47(55)52-38-41-18-15-33-59(51(41)39-61(52)68)69-56-30-11-4-21-45(56)46-22-5-12-31-57(46)69/h1-39H. The van der Waals surface area contributed by atoms with Crippen LogP contribution in [0.4, 0.5) is 0 Å². The van der Waals surface area contributed by atoms with Gasteiger partial charge in [-0.1, -0.05) is 152 Å². The summed E-state index contributed by atoms with van der Waals surface area (Å²) in [7, 11) is 0. The zero-order chi connectivity index (χ0) is 45.2. The molecule has 11 aromatic carbocycles. The van der Waals surface area contributed by atoms with E-state index in [0.717, 1.165) is 77.6 Å². The van der Waals surface area contributed by atoms with Gasteiger partial charge in [0.05, 0.1) is 61.2 Å². The van der Waals surface area contributed by atoms with Gasteiger partial charge in [0.25, 0.3) is 0 Å². The number of benzene rings is 11. The Morgan fingerprint density at radius 3 is 1.48 bits per heavy atom. The largest absolute Gasteiger partial charge is 0.309 e. The minimum Gasteiger partial charge on any atom is -0.309 e. The lowest BCUT2D eigenvalue weighted by molar-refractivity contribution is 1.18. The molecule has 5 nitrogen and oxygen atoms in total. The van der Waals surface area contributed by atoms with Crippen molar-refractivity contribution < 1.29 is 0 Å². The van der Waals surface area contributed by atoms with E-state index < -0.39 is 0 Å². The van der Waals surface area contributed by atoms with Gasteiger partial charge >= 0.3 is 0 Å². The van der Waals surface area contributed by atoms with Gasteiger partial charge in [0.2, 0.25) is 0 Å². The highest BCUT2D eigenvalue weighted by Crippen LogP contribution is 2.44. The fraction of sp³-hybridized carbons (Fsp3) is 0. The minimum atomic E-state index is 0.858. The van der Waals surface area contributed by atoms with Crippen LogP contribution < -0.4 is 0 Å². The van der Waals surface area contributed by atoms with Gasteiger partial charge in [-0.3, -0.25) is 0 Å². The first-order valence-electron chi connectivity index (χ1n) is 23.6. The van der Waals surface area contributed by atoms with Crippen molar-refractivity contribution in [2.24, 2.45) is 0 Å². The number of para-hydroxylation sites is 7. The first kappa shape index (κ1) is 37.9. The molecular weight excluding hydrogens is 839 g/mol. The molecule has 0 fully saturated rings. The van der Waals surface area contributed by atoms with Crippen molar-refractivity contribution >= 4 is 98.0 Å². The molecule has 0 radical (unpaired) electrons. The number of hydrogen-bond donors (Lipinski definition) is 0. The lowest BCUT2D eigenvalue weighted by atomic mass is 9.95. The lowest BCUT2D eigenvalue weighted by Crippen LogP contribution is -1.98. The fourth-order valence-corrected chi connectivity index (χ4v) is 11.4. The Morgan fingerprint density at radius 1 is 0.261 bits per heavy atom. The van der Waals surface area contributed by atoms with Crippen molar-refractivity contribution in [1.82, 2.24) is 23.7 Å². The lowest BCUT2D eigenvalue weighted by Gasteiger charge is -2.15. The van der Waals surface area contributed by atoms with Crippen LogP contribution in [0.2, 0.25) is 0 Å². The van der Waals surface area contributed by atoms with E-state index in [-0.39, 0.29) is 0 Å². The smallest absolute Gasteiger partial charge is 0.0980 e. The molecule has 0 aliphatic carbocycles. The molecule has 0 atom stereocenters. The molecule has 320 valence electrons. The predicted molar refractivity (Wildman–Crippen MR) is 288 cm³/mol. The predicted octanol–water partition coefficient (Wildman–Crippen LogP) is 16.6. The molecular formula is C64H39N5. The summed E-state index contributed by atoms with van der Waals surface area (Å²) in [5.41, 5.74) is 15.9. The Bertz CT molecular complexity index is 4560. The summed E-state index contributed by atoms with van der Waals surface area (Å²) in [6.07, 6.45) is 0. The Balaban J connectivity index is 0.951. The summed E-state index contributed by atoms with van der Waals surface area (Å²) >= 11 is 0. The molecule has 5 heteroatoms. The molecule has 0 saturated carbocycles. The second-order valence-electron chi connectivity index (χ2n) is 18.1. The van der Waals surface area contributed by atoms with Gasteiger partial charge in [0.1, 0.15) is 0 Å². The highest BCUT2D eigenvalue weighted by molar-refractivity contribution is 6.18. The van der Waals surface area contributed by atoms with Crippen LogP contribution in [0.25, 0.3) is 138 Å². The Labute approximate surface area is 396 Å². The second kappa shape index (κ2) is 14.6. The van der Waals surface area contributed by atoms with E-state index in [9.17, 15) is 0 Å². The third-order valence-electron chi connectivity index (χ3n) is 14.4. The maximum absolute atomic E-state index is 5.50. The number of fused-ring (bicyclic) bond motifs is 12. The molecule has 15 rings (SSSR count). The number of aromatic nitrogens is 5. The average molecular weight is 878 g/mol. The Kier molecular flexibility index (Phi) is 8.00. The number of rotatable bonds is 5. The van der Waals surface area contributed by atoms with Gasteiger partial charge in [-0.15, -0.1) is 0 Å². The third kappa shape index (κ3) is 5.53. The van der Waals surface area contributed by atoms with E-state index in [4.69, 9.17) is 9.97 Å². The van der Waals surface area contributed by atoms with Crippen LogP contribution in [0, 0.1) is 0 Å². The van der Waals surface area contributed by atoms with Gasteiger partial charge < -0.3 is 13.7 Å². The monoisotopic (exact) mass is 877 g/mol. The van der Waals surface area contributed by atoms with Crippen LogP contribution in [-0.4, -0.2) is 23.7 Å². The van der Waals surface area contributed by atoms with Crippen LogP contribution in [0.3, 0.4) is 0 Å². The van der Waals surface area contributed by atoms with E-state index in [2.05, 4.69) is 238 Å². The minimum absolute atomic E-state index is 0.858. The van der Waals surface area contributed by atoms with Crippen LogP contribution in [-0.2, 0) is 0 Å². The first-order chi connectivity index (χ1) is 34.2. The average Bonchev–Trinajstić information content (AvgIpc) is 4.05. The Hall–Kier alpha value is -9.32. The van der Waals surface area contributed by atoms with Gasteiger partial charge in [0.15, 0.2) is 0 Å². The van der Waals surface area contributed by atoms with E-state index in [1.807, 2.05) is 12.1 Å². The maximum Gasteiger partial charge on any atom is 0.0980 e. The molecule has 15 aromatic rings. The zero-order valence-electron chi connectivity index (χ0n) is 37.3. The maximum atomic E-state index is 5.50. The molecule has 0 unspecified atom stereocenters. The molecule has 0 aliphatic rings.